The molecule has 5 rings (SSSR count). The topological polar surface area (TPSA) is 159 Å². The van der Waals surface area contributed by atoms with Gasteiger partial charge < -0.3 is 9.84 Å². The standard InChI is InChI=1S/C31H27N5O5S/c1-19(2)41-18-27-35-30(37)29(31(38)36(27)28(22-6-7-22)23-5-3-4-20(14-23)15-32)42(39,40)25-10-8-21(9-11-25)26-17-34-13-12-24(26)16-33/h3-5,8-14,17,19,22,28,38H,6-7,18H2,1-2H3. The molecule has 0 aliphatic heterocycles. The van der Waals surface area contributed by atoms with Crippen molar-refractivity contribution in [2.45, 2.75) is 55.2 Å². The first-order valence-corrected chi connectivity index (χ1v) is 14.8. The van der Waals surface area contributed by atoms with E-state index in [-0.39, 0.29) is 29.3 Å². The lowest BCUT2D eigenvalue weighted by Crippen LogP contribution is -2.29. The molecule has 0 radical (unpaired) electrons. The van der Waals surface area contributed by atoms with Crippen LogP contribution in [0.25, 0.3) is 11.1 Å². The van der Waals surface area contributed by atoms with Crippen molar-refractivity contribution in [3.63, 3.8) is 0 Å². The van der Waals surface area contributed by atoms with Crippen LogP contribution < -0.4 is 5.56 Å². The Morgan fingerprint density at radius 2 is 1.83 bits per heavy atom. The number of rotatable bonds is 9. The lowest BCUT2D eigenvalue weighted by Gasteiger charge is -2.26. The van der Waals surface area contributed by atoms with Crippen molar-refractivity contribution in [3.05, 3.63) is 99.9 Å². The van der Waals surface area contributed by atoms with Gasteiger partial charge in [0.05, 0.1) is 40.3 Å². The van der Waals surface area contributed by atoms with Crippen LogP contribution in [0.1, 0.15) is 55.2 Å². The highest BCUT2D eigenvalue weighted by Gasteiger charge is 2.39. The van der Waals surface area contributed by atoms with Gasteiger partial charge in [-0.1, -0.05) is 24.3 Å². The zero-order valence-corrected chi connectivity index (χ0v) is 23.7. The summed E-state index contributed by atoms with van der Waals surface area (Å²) in [6.07, 6.45) is 4.39. The van der Waals surface area contributed by atoms with Gasteiger partial charge in [-0.3, -0.25) is 14.3 Å². The van der Waals surface area contributed by atoms with Crippen molar-refractivity contribution in [1.82, 2.24) is 14.5 Å². The Hall–Kier alpha value is -4.84. The summed E-state index contributed by atoms with van der Waals surface area (Å²) in [6.45, 7) is 3.48. The molecule has 1 aliphatic carbocycles. The van der Waals surface area contributed by atoms with Gasteiger partial charge in [-0.25, -0.2) is 8.42 Å². The minimum Gasteiger partial charge on any atom is -0.493 e. The summed E-state index contributed by atoms with van der Waals surface area (Å²) in [5.74, 6) is -0.629. The summed E-state index contributed by atoms with van der Waals surface area (Å²) in [5, 5.41) is 30.5. The minimum absolute atomic E-state index is 0.0237. The number of hydrogen-bond donors (Lipinski definition) is 1. The monoisotopic (exact) mass is 581 g/mol. The van der Waals surface area contributed by atoms with Crippen LogP contribution in [0.15, 0.2) is 81.6 Å². The SMILES string of the molecule is CC(C)OCc1nc(=O)c(S(=O)(=O)c2ccc(-c3cnccc3C#N)cc2)c(O)n1C(c1cccc(C#N)c1)C1CC1. The van der Waals surface area contributed by atoms with E-state index in [1.165, 1.54) is 41.2 Å². The molecule has 0 bridgehead atoms. The van der Waals surface area contributed by atoms with Gasteiger partial charge in [0.15, 0.2) is 4.90 Å². The minimum atomic E-state index is -4.54. The molecule has 42 heavy (non-hydrogen) atoms. The van der Waals surface area contributed by atoms with Crippen LogP contribution in [0.5, 0.6) is 5.88 Å². The summed E-state index contributed by atoms with van der Waals surface area (Å²) in [7, 11) is -4.54. The molecule has 212 valence electrons. The van der Waals surface area contributed by atoms with Crippen molar-refractivity contribution in [2.24, 2.45) is 5.92 Å². The third-order valence-corrected chi connectivity index (χ3v) is 8.86. The largest absolute Gasteiger partial charge is 0.493 e. The third kappa shape index (κ3) is 5.53. The second kappa shape index (κ2) is 11.6. The highest BCUT2D eigenvalue weighted by molar-refractivity contribution is 7.91. The number of sulfone groups is 1. The first-order chi connectivity index (χ1) is 20.1. The van der Waals surface area contributed by atoms with E-state index in [9.17, 15) is 28.8 Å². The average Bonchev–Trinajstić information content (AvgIpc) is 3.83. The van der Waals surface area contributed by atoms with Gasteiger partial charge in [0.25, 0.3) is 5.56 Å². The summed E-state index contributed by atoms with van der Waals surface area (Å²) >= 11 is 0. The molecule has 1 fully saturated rings. The molecule has 0 amide bonds. The van der Waals surface area contributed by atoms with Crippen LogP contribution in [-0.2, 0) is 21.2 Å². The summed E-state index contributed by atoms with van der Waals surface area (Å²) in [4.78, 5) is 20.4. The molecular formula is C31H27N5O5S. The normalized spacial score (nSPS) is 13.8. The van der Waals surface area contributed by atoms with Crippen LogP contribution in [-0.4, -0.2) is 34.2 Å². The molecule has 1 atom stereocenters. The van der Waals surface area contributed by atoms with E-state index < -0.39 is 32.2 Å². The van der Waals surface area contributed by atoms with Gasteiger partial charge in [0, 0.05) is 18.0 Å². The number of ether oxygens (including phenoxy) is 1. The number of nitrogens with zero attached hydrogens (tertiary/aromatic N) is 5. The number of benzene rings is 2. The predicted molar refractivity (Wildman–Crippen MR) is 152 cm³/mol. The van der Waals surface area contributed by atoms with Crippen molar-refractivity contribution in [1.29, 1.82) is 10.5 Å². The van der Waals surface area contributed by atoms with Crippen LogP contribution in [0.4, 0.5) is 0 Å². The van der Waals surface area contributed by atoms with Crippen molar-refractivity contribution < 1.29 is 18.3 Å². The molecule has 2 aromatic heterocycles. The average molecular weight is 582 g/mol. The highest BCUT2D eigenvalue weighted by atomic mass is 32.2. The van der Waals surface area contributed by atoms with Gasteiger partial charge in [0.1, 0.15) is 12.4 Å². The molecule has 1 unspecified atom stereocenters. The fraction of sp³-hybridized carbons (Fsp3) is 0.258. The quantitative estimate of drug-likeness (QED) is 0.300. The molecule has 11 heteroatoms. The Morgan fingerprint density at radius 3 is 2.48 bits per heavy atom. The molecule has 2 aromatic carbocycles. The smallest absolute Gasteiger partial charge is 0.296 e. The van der Waals surface area contributed by atoms with Crippen molar-refractivity contribution in [3.8, 4) is 29.1 Å². The highest BCUT2D eigenvalue weighted by Crippen LogP contribution is 2.46. The van der Waals surface area contributed by atoms with Gasteiger partial charge in [0.2, 0.25) is 15.7 Å². The third-order valence-electron chi connectivity index (χ3n) is 7.07. The lowest BCUT2D eigenvalue weighted by atomic mass is 9.99. The first kappa shape index (κ1) is 28.7. The fourth-order valence-electron chi connectivity index (χ4n) is 4.91. The van der Waals surface area contributed by atoms with Crippen LogP contribution in [0.3, 0.4) is 0 Å². The first-order valence-electron chi connectivity index (χ1n) is 13.3. The number of nitriles is 2. The van der Waals surface area contributed by atoms with E-state index in [1.54, 1.807) is 30.3 Å². The van der Waals surface area contributed by atoms with E-state index in [2.05, 4.69) is 22.1 Å². The molecule has 1 saturated carbocycles. The van der Waals surface area contributed by atoms with Crippen LogP contribution in [0.2, 0.25) is 0 Å². The zero-order valence-electron chi connectivity index (χ0n) is 22.9. The van der Waals surface area contributed by atoms with E-state index in [0.29, 0.717) is 27.8 Å². The summed E-state index contributed by atoms with van der Waals surface area (Å²) < 4.78 is 34.8. The fourth-order valence-corrected chi connectivity index (χ4v) is 6.25. The second-order valence-corrected chi connectivity index (χ2v) is 12.2. The lowest BCUT2D eigenvalue weighted by molar-refractivity contribution is 0.0568. The molecular weight excluding hydrogens is 554 g/mol. The van der Waals surface area contributed by atoms with Crippen LogP contribution >= 0.6 is 0 Å². The van der Waals surface area contributed by atoms with E-state index in [0.717, 1.165) is 12.8 Å². The number of hydrogen-bond acceptors (Lipinski definition) is 9. The maximum Gasteiger partial charge on any atom is 0.296 e. The van der Waals surface area contributed by atoms with Crippen LogP contribution in [0, 0.1) is 28.6 Å². The Morgan fingerprint density at radius 1 is 1.10 bits per heavy atom. The predicted octanol–water partition coefficient (Wildman–Crippen LogP) is 4.51. The molecule has 0 saturated heterocycles. The van der Waals surface area contributed by atoms with E-state index in [1.807, 2.05) is 13.8 Å². The Labute approximate surface area is 243 Å². The van der Waals surface area contributed by atoms with Gasteiger partial charge >= 0.3 is 0 Å². The second-order valence-electron chi connectivity index (χ2n) is 10.3. The number of aromatic hydroxyl groups is 1. The zero-order chi connectivity index (χ0) is 30.0. The van der Waals surface area contributed by atoms with Crippen molar-refractivity contribution in [2.75, 3.05) is 0 Å². The van der Waals surface area contributed by atoms with E-state index >= 15 is 0 Å². The molecule has 0 spiro atoms. The van der Waals surface area contributed by atoms with Gasteiger partial charge in [-0.2, -0.15) is 15.5 Å². The summed E-state index contributed by atoms with van der Waals surface area (Å²) in [5.41, 5.74) is 1.45. The number of aromatic nitrogens is 3. The Kier molecular flexibility index (Phi) is 7.90. The molecule has 4 aromatic rings. The molecule has 1 N–H and O–H groups in total. The van der Waals surface area contributed by atoms with Gasteiger partial charge in [-0.05, 0) is 74.1 Å². The maximum absolute atomic E-state index is 13.9. The Balaban J connectivity index is 1.66. The summed E-state index contributed by atoms with van der Waals surface area (Å²) in [6, 6.07) is 17.7. The molecule has 2 heterocycles. The van der Waals surface area contributed by atoms with Crippen molar-refractivity contribution >= 4 is 9.84 Å². The van der Waals surface area contributed by atoms with E-state index in [4.69, 9.17) is 4.74 Å². The molecule has 10 nitrogen and oxygen atoms in total. The molecule has 1 aliphatic rings. The Bertz CT molecular complexity index is 1900. The van der Waals surface area contributed by atoms with Gasteiger partial charge in [-0.15, -0.1) is 0 Å². The number of pyridine rings is 1. The maximum atomic E-state index is 13.9.